The Balaban J connectivity index is 2.02. The lowest BCUT2D eigenvalue weighted by atomic mass is 10.1. The van der Waals surface area contributed by atoms with Gasteiger partial charge in [-0.15, -0.1) is 0 Å². The van der Waals surface area contributed by atoms with E-state index in [1.165, 1.54) is 44.4 Å². The van der Waals surface area contributed by atoms with E-state index in [9.17, 15) is 36.0 Å². The summed E-state index contributed by atoms with van der Waals surface area (Å²) in [6.07, 6.45) is -4.69. The molecule has 0 spiro atoms. The smallest absolute Gasteiger partial charge is 0.364 e. The molecule has 0 fully saturated rings. The highest BCUT2D eigenvalue weighted by Gasteiger charge is 2.31. The molecule has 0 saturated carbocycles. The Morgan fingerprint density at radius 3 is 2.17 bits per heavy atom. The summed E-state index contributed by atoms with van der Waals surface area (Å²) in [5.41, 5.74) is -2.20. The molecule has 13 heteroatoms. The van der Waals surface area contributed by atoms with Gasteiger partial charge in [0.15, 0.2) is 9.84 Å². The molecule has 0 atom stereocenters. The largest absolute Gasteiger partial charge is 0.416 e. The zero-order valence-corrected chi connectivity index (χ0v) is 22.9. The number of nitrogens with zero attached hydrogens (tertiary/aromatic N) is 1. The molecule has 0 saturated heterocycles. The molecule has 2 amide bonds. The van der Waals surface area contributed by atoms with Gasteiger partial charge in [0, 0.05) is 25.0 Å². The van der Waals surface area contributed by atoms with Crippen LogP contribution >= 0.6 is 0 Å². The van der Waals surface area contributed by atoms with E-state index in [2.05, 4.69) is 10.6 Å². The minimum atomic E-state index is -4.69. The molecule has 9 nitrogen and oxygen atoms in total. The van der Waals surface area contributed by atoms with Crippen LogP contribution in [0.4, 0.5) is 13.2 Å². The van der Waals surface area contributed by atoms with Crippen molar-refractivity contribution in [2.45, 2.75) is 43.6 Å². The number of amides is 2. The molecule has 0 unspecified atom stereocenters. The second-order valence-electron chi connectivity index (χ2n) is 9.11. The number of rotatable bonds is 9. The maximum atomic E-state index is 13.4. The molecule has 2 aromatic carbocycles. The van der Waals surface area contributed by atoms with Gasteiger partial charge in [-0.2, -0.15) is 13.2 Å². The van der Waals surface area contributed by atoms with Gasteiger partial charge >= 0.3 is 6.18 Å². The van der Waals surface area contributed by atoms with Crippen LogP contribution in [0.1, 0.15) is 51.4 Å². The van der Waals surface area contributed by atoms with Crippen molar-refractivity contribution in [3.8, 4) is 5.69 Å². The SMILES string of the molecule is COCNC(=O)c1cc(C(=O)NCc2ccc(S(=O)(=O)C(C)C)cc2)c(=O)n(-c2cccc(C(F)(F)F)c2)c1C. The maximum absolute atomic E-state index is 13.4. The molecule has 1 heterocycles. The van der Waals surface area contributed by atoms with Gasteiger partial charge in [-0.05, 0) is 62.7 Å². The van der Waals surface area contributed by atoms with Gasteiger partial charge in [0.1, 0.15) is 12.3 Å². The topological polar surface area (TPSA) is 124 Å². The molecule has 3 rings (SSSR count). The molecule has 40 heavy (non-hydrogen) atoms. The fraction of sp³-hybridized carbons (Fsp3) is 0.296. The number of benzene rings is 2. The van der Waals surface area contributed by atoms with Crippen LogP contribution in [0.25, 0.3) is 5.69 Å². The Morgan fingerprint density at radius 2 is 1.60 bits per heavy atom. The lowest BCUT2D eigenvalue weighted by molar-refractivity contribution is -0.137. The maximum Gasteiger partial charge on any atom is 0.416 e. The van der Waals surface area contributed by atoms with Crippen molar-refractivity contribution >= 4 is 21.7 Å². The monoisotopic (exact) mass is 579 g/mol. The van der Waals surface area contributed by atoms with Gasteiger partial charge in [0.25, 0.3) is 17.4 Å². The summed E-state index contributed by atoms with van der Waals surface area (Å²) in [5, 5.41) is 4.36. The first-order valence-electron chi connectivity index (χ1n) is 12.0. The first-order valence-corrected chi connectivity index (χ1v) is 13.6. The third-order valence-electron chi connectivity index (χ3n) is 6.07. The third kappa shape index (κ3) is 6.59. The van der Waals surface area contributed by atoms with E-state index in [-0.39, 0.29) is 35.1 Å². The minimum absolute atomic E-state index is 0.0106. The van der Waals surface area contributed by atoms with Crippen molar-refractivity contribution in [2.75, 3.05) is 13.8 Å². The van der Waals surface area contributed by atoms with Gasteiger partial charge in [0.2, 0.25) is 0 Å². The standard InChI is InChI=1S/C27H28F3N3O6S/c1-16(2)40(37,38)21-10-8-18(9-11-21)14-31-25(35)23-13-22(24(34)32-15-39-4)17(3)33(26(23)36)20-7-5-6-19(12-20)27(28,29)30/h5-13,16H,14-15H2,1-4H3,(H,31,35)(H,32,34). The fourth-order valence-corrected chi connectivity index (χ4v) is 4.87. The van der Waals surface area contributed by atoms with Crippen LogP contribution in [0, 0.1) is 6.92 Å². The number of carbonyl (C=O) groups excluding carboxylic acids is 2. The van der Waals surface area contributed by atoms with Crippen LogP contribution in [0.3, 0.4) is 0 Å². The number of ether oxygens (including phenoxy) is 1. The van der Waals surface area contributed by atoms with Crippen LogP contribution in [-0.2, 0) is 27.3 Å². The number of aromatic nitrogens is 1. The first-order chi connectivity index (χ1) is 18.7. The Kier molecular flexibility index (Phi) is 9.21. The number of halogens is 3. The van der Waals surface area contributed by atoms with Crippen molar-refractivity contribution in [1.29, 1.82) is 0 Å². The van der Waals surface area contributed by atoms with Crippen LogP contribution in [0.2, 0.25) is 0 Å². The van der Waals surface area contributed by atoms with Crippen molar-refractivity contribution < 1.29 is 35.9 Å². The number of sulfone groups is 1. The van der Waals surface area contributed by atoms with Crippen molar-refractivity contribution in [3.63, 3.8) is 0 Å². The number of pyridine rings is 1. The molecule has 2 N–H and O–H groups in total. The highest BCUT2D eigenvalue weighted by atomic mass is 32.2. The Hall–Kier alpha value is -3.97. The van der Waals surface area contributed by atoms with Crippen LogP contribution in [0.5, 0.6) is 0 Å². The molecular formula is C27H28F3N3O6S. The lowest BCUT2D eigenvalue weighted by Gasteiger charge is -2.17. The average molecular weight is 580 g/mol. The number of alkyl halides is 3. The Morgan fingerprint density at radius 1 is 0.975 bits per heavy atom. The quantitative estimate of drug-likeness (QED) is 0.374. The summed E-state index contributed by atoms with van der Waals surface area (Å²) in [4.78, 5) is 39.4. The zero-order chi connectivity index (χ0) is 29.8. The minimum Gasteiger partial charge on any atom is -0.364 e. The molecule has 0 bridgehead atoms. The molecule has 0 radical (unpaired) electrons. The summed E-state index contributed by atoms with van der Waals surface area (Å²) in [5.74, 6) is -1.60. The number of hydrogen-bond acceptors (Lipinski definition) is 6. The highest BCUT2D eigenvalue weighted by molar-refractivity contribution is 7.92. The molecule has 0 aliphatic heterocycles. The van der Waals surface area contributed by atoms with Gasteiger partial charge < -0.3 is 15.4 Å². The molecular weight excluding hydrogens is 551 g/mol. The number of carbonyl (C=O) groups is 2. The summed E-state index contributed by atoms with van der Waals surface area (Å²) in [6.45, 7) is 4.20. The molecule has 0 aliphatic rings. The van der Waals surface area contributed by atoms with Gasteiger partial charge in [-0.1, -0.05) is 18.2 Å². The van der Waals surface area contributed by atoms with E-state index in [1.807, 2.05) is 0 Å². The van der Waals surface area contributed by atoms with Crippen molar-refractivity contribution in [1.82, 2.24) is 15.2 Å². The summed E-state index contributed by atoms with van der Waals surface area (Å²) in [7, 11) is -2.16. The predicted molar refractivity (Wildman–Crippen MR) is 141 cm³/mol. The van der Waals surface area contributed by atoms with E-state index in [1.54, 1.807) is 13.8 Å². The number of hydrogen-bond donors (Lipinski definition) is 2. The predicted octanol–water partition coefficient (Wildman–Crippen LogP) is 3.61. The number of methoxy groups -OCH3 is 1. The fourth-order valence-electron chi connectivity index (χ4n) is 3.81. The van der Waals surface area contributed by atoms with E-state index in [4.69, 9.17) is 4.74 Å². The van der Waals surface area contributed by atoms with Crippen LogP contribution < -0.4 is 16.2 Å². The lowest BCUT2D eigenvalue weighted by Crippen LogP contribution is -2.36. The number of nitrogens with one attached hydrogen (secondary N) is 2. The van der Waals surface area contributed by atoms with Crippen LogP contribution in [0.15, 0.2) is 64.3 Å². The van der Waals surface area contributed by atoms with E-state index in [0.717, 1.165) is 28.8 Å². The summed E-state index contributed by atoms with van der Waals surface area (Å²) >= 11 is 0. The average Bonchev–Trinajstić information content (AvgIpc) is 2.90. The highest BCUT2D eigenvalue weighted by Crippen LogP contribution is 2.30. The zero-order valence-electron chi connectivity index (χ0n) is 22.1. The normalized spacial score (nSPS) is 11.9. The third-order valence-corrected chi connectivity index (χ3v) is 8.24. The van der Waals surface area contributed by atoms with Crippen LogP contribution in [-0.4, -0.2) is 43.9 Å². The molecule has 214 valence electrons. The molecule has 1 aromatic heterocycles. The van der Waals surface area contributed by atoms with Crippen molar-refractivity contribution in [2.24, 2.45) is 0 Å². The van der Waals surface area contributed by atoms with E-state index in [0.29, 0.717) is 5.56 Å². The van der Waals surface area contributed by atoms with E-state index >= 15 is 0 Å². The second-order valence-corrected chi connectivity index (χ2v) is 11.6. The summed E-state index contributed by atoms with van der Waals surface area (Å²) < 4.78 is 70.5. The van der Waals surface area contributed by atoms with Gasteiger partial charge in [0.05, 0.1) is 21.3 Å². The Labute approximate surface area is 228 Å². The second kappa shape index (κ2) is 12.0. The van der Waals surface area contributed by atoms with E-state index < -0.39 is 49.8 Å². The van der Waals surface area contributed by atoms with Crippen molar-refractivity contribution in [3.05, 3.63) is 92.9 Å². The molecule has 0 aliphatic carbocycles. The molecule has 3 aromatic rings. The Bertz CT molecular complexity index is 1580. The first kappa shape index (κ1) is 30.6. The van der Waals surface area contributed by atoms with Gasteiger partial charge in [-0.3, -0.25) is 19.0 Å². The van der Waals surface area contributed by atoms with Gasteiger partial charge in [-0.25, -0.2) is 8.42 Å². The summed E-state index contributed by atoms with van der Waals surface area (Å²) in [6, 6.07) is 10.9.